The molecule has 0 fully saturated rings. The predicted octanol–water partition coefficient (Wildman–Crippen LogP) is 1.21. The van der Waals surface area contributed by atoms with Crippen LogP contribution in [0.5, 0.6) is 0 Å². The minimum atomic E-state index is -0.181. The van der Waals surface area contributed by atoms with Crippen LogP contribution in [0.1, 0.15) is 6.42 Å². The molecule has 0 atom stereocenters. The number of aromatic nitrogens is 2. The molecule has 6 nitrogen and oxygen atoms in total. The summed E-state index contributed by atoms with van der Waals surface area (Å²) in [5, 5.41) is 3.27. The predicted molar refractivity (Wildman–Crippen MR) is 82.9 cm³/mol. The lowest BCUT2D eigenvalue weighted by Crippen LogP contribution is -2.30. The van der Waals surface area contributed by atoms with E-state index in [0.29, 0.717) is 28.8 Å². The van der Waals surface area contributed by atoms with Crippen molar-refractivity contribution in [2.24, 2.45) is 0 Å². The van der Waals surface area contributed by atoms with Crippen LogP contribution in [-0.4, -0.2) is 35.7 Å². The molecule has 0 aliphatic heterocycles. The molecule has 1 aromatic carbocycles. The van der Waals surface area contributed by atoms with Crippen molar-refractivity contribution < 1.29 is 9.53 Å². The summed E-state index contributed by atoms with van der Waals surface area (Å²) < 4.78 is 6.58. The summed E-state index contributed by atoms with van der Waals surface area (Å²) in [7, 11) is 1.57. The third-order valence-corrected chi connectivity index (χ3v) is 3.40. The van der Waals surface area contributed by atoms with Crippen LogP contribution in [0.3, 0.4) is 0 Å². The van der Waals surface area contributed by atoms with Gasteiger partial charge < -0.3 is 15.0 Å². The van der Waals surface area contributed by atoms with Gasteiger partial charge in [0, 0.05) is 26.6 Å². The summed E-state index contributed by atoms with van der Waals surface area (Å²) in [5.41, 5.74) is 0.521. The summed E-state index contributed by atoms with van der Waals surface area (Å²) in [4.78, 5) is 27.0. The molecule has 112 valence electrons. The van der Waals surface area contributed by atoms with E-state index in [1.54, 1.807) is 25.3 Å². The number of rotatable bonds is 6. The highest BCUT2D eigenvalue weighted by Crippen LogP contribution is 2.06. The molecule has 0 saturated carbocycles. The third kappa shape index (κ3) is 3.77. The van der Waals surface area contributed by atoms with Crippen molar-refractivity contribution >= 4 is 29.0 Å². The Morgan fingerprint density at radius 3 is 2.95 bits per heavy atom. The van der Waals surface area contributed by atoms with E-state index in [-0.39, 0.29) is 24.4 Å². The number of ether oxygens (including phenoxy) is 1. The van der Waals surface area contributed by atoms with E-state index < -0.39 is 0 Å². The molecular formula is C14H17N3O3S. The van der Waals surface area contributed by atoms with E-state index in [2.05, 4.69) is 10.3 Å². The van der Waals surface area contributed by atoms with Gasteiger partial charge in [0.15, 0.2) is 4.77 Å². The quantitative estimate of drug-likeness (QED) is 0.621. The highest BCUT2D eigenvalue weighted by Gasteiger charge is 2.07. The maximum absolute atomic E-state index is 12.3. The number of nitrogens with zero attached hydrogens (tertiary/aromatic N) is 1. The molecule has 0 aliphatic carbocycles. The van der Waals surface area contributed by atoms with Gasteiger partial charge in [0.1, 0.15) is 0 Å². The fourth-order valence-corrected chi connectivity index (χ4v) is 2.28. The van der Waals surface area contributed by atoms with Crippen molar-refractivity contribution in [1.29, 1.82) is 0 Å². The number of fused-ring (bicyclic) bond motifs is 1. The lowest BCUT2D eigenvalue weighted by Gasteiger charge is -2.08. The summed E-state index contributed by atoms with van der Waals surface area (Å²) in [5.74, 6) is -0.137. The van der Waals surface area contributed by atoms with Gasteiger partial charge in [0.25, 0.3) is 5.56 Å². The molecule has 0 saturated heterocycles. The number of methoxy groups -OCH3 is 1. The zero-order valence-electron chi connectivity index (χ0n) is 11.7. The van der Waals surface area contributed by atoms with Gasteiger partial charge in [-0.15, -0.1) is 0 Å². The van der Waals surface area contributed by atoms with Gasteiger partial charge in [0.2, 0.25) is 5.91 Å². The summed E-state index contributed by atoms with van der Waals surface area (Å²) >= 11 is 5.18. The van der Waals surface area contributed by atoms with E-state index in [9.17, 15) is 9.59 Å². The molecule has 1 amide bonds. The van der Waals surface area contributed by atoms with Gasteiger partial charge >= 0.3 is 0 Å². The van der Waals surface area contributed by atoms with E-state index in [1.165, 1.54) is 4.57 Å². The van der Waals surface area contributed by atoms with E-state index in [0.717, 1.165) is 0 Å². The van der Waals surface area contributed by atoms with Crippen LogP contribution in [0.2, 0.25) is 0 Å². The average Bonchev–Trinajstić information content (AvgIpc) is 2.47. The zero-order chi connectivity index (χ0) is 15.2. The van der Waals surface area contributed by atoms with Gasteiger partial charge in [-0.25, -0.2) is 0 Å². The van der Waals surface area contributed by atoms with E-state index >= 15 is 0 Å². The van der Waals surface area contributed by atoms with E-state index in [4.69, 9.17) is 17.0 Å². The first-order chi connectivity index (χ1) is 10.1. The first-order valence-corrected chi connectivity index (χ1v) is 7.02. The Kier molecular flexibility index (Phi) is 5.24. The highest BCUT2D eigenvalue weighted by atomic mass is 32.1. The Morgan fingerprint density at radius 2 is 2.19 bits per heavy atom. The van der Waals surface area contributed by atoms with Crippen molar-refractivity contribution in [2.45, 2.75) is 13.0 Å². The zero-order valence-corrected chi connectivity index (χ0v) is 12.5. The molecule has 0 bridgehead atoms. The monoisotopic (exact) mass is 307 g/mol. The number of aromatic amines is 1. The molecule has 0 spiro atoms. The average molecular weight is 307 g/mol. The number of hydrogen-bond donors (Lipinski definition) is 2. The molecule has 0 radical (unpaired) electrons. The number of H-pyrrole nitrogens is 1. The number of amides is 1. The van der Waals surface area contributed by atoms with Crippen LogP contribution in [0, 0.1) is 4.77 Å². The van der Waals surface area contributed by atoms with Gasteiger partial charge in [-0.05, 0) is 24.4 Å². The standard InChI is InChI=1S/C14H17N3O3S/c1-20-9-7-15-12(18)6-8-17-13(19)10-4-2-3-5-11(10)16-14(17)21/h2-5H,6-9H2,1H3,(H,15,18)(H,16,21). The Hall–Kier alpha value is -1.99. The van der Waals surface area contributed by atoms with Crippen LogP contribution >= 0.6 is 12.2 Å². The van der Waals surface area contributed by atoms with Crippen LogP contribution in [0.15, 0.2) is 29.1 Å². The number of carbonyl (C=O) groups is 1. The molecule has 1 heterocycles. The molecule has 2 aromatic rings. The fraction of sp³-hybridized carbons (Fsp3) is 0.357. The van der Waals surface area contributed by atoms with Crippen molar-refractivity contribution in [3.8, 4) is 0 Å². The smallest absolute Gasteiger partial charge is 0.262 e. The summed E-state index contributed by atoms with van der Waals surface area (Å²) in [6.07, 6.45) is 0.194. The van der Waals surface area contributed by atoms with Crippen LogP contribution in [-0.2, 0) is 16.1 Å². The number of benzene rings is 1. The van der Waals surface area contributed by atoms with Crippen molar-refractivity contribution in [2.75, 3.05) is 20.3 Å². The molecule has 1 aromatic heterocycles. The van der Waals surface area contributed by atoms with Gasteiger partial charge in [-0.1, -0.05) is 12.1 Å². The molecule has 2 N–H and O–H groups in total. The number of nitrogens with one attached hydrogen (secondary N) is 2. The van der Waals surface area contributed by atoms with Gasteiger partial charge in [0.05, 0.1) is 17.5 Å². The number of hydrogen-bond acceptors (Lipinski definition) is 4. The van der Waals surface area contributed by atoms with Crippen molar-refractivity contribution in [3.63, 3.8) is 0 Å². The Balaban J connectivity index is 2.14. The molecule has 21 heavy (non-hydrogen) atoms. The first-order valence-electron chi connectivity index (χ1n) is 6.61. The normalized spacial score (nSPS) is 10.7. The van der Waals surface area contributed by atoms with Gasteiger partial charge in [-0.2, -0.15) is 0 Å². The maximum atomic E-state index is 12.3. The Labute approximate surface area is 126 Å². The maximum Gasteiger partial charge on any atom is 0.262 e. The minimum Gasteiger partial charge on any atom is -0.383 e. The topological polar surface area (TPSA) is 76.1 Å². The second-order valence-electron chi connectivity index (χ2n) is 4.53. The second kappa shape index (κ2) is 7.14. The fourth-order valence-electron chi connectivity index (χ4n) is 2.00. The molecule has 2 rings (SSSR count). The SMILES string of the molecule is COCCNC(=O)CCn1c(=S)[nH]c2ccccc2c1=O. The molecule has 7 heteroatoms. The Morgan fingerprint density at radius 1 is 1.43 bits per heavy atom. The second-order valence-corrected chi connectivity index (χ2v) is 4.91. The lowest BCUT2D eigenvalue weighted by molar-refractivity contribution is -0.121. The molecular weight excluding hydrogens is 290 g/mol. The summed E-state index contributed by atoms with van der Waals surface area (Å²) in [6.45, 7) is 1.16. The van der Waals surface area contributed by atoms with Gasteiger partial charge in [-0.3, -0.25) is 14.2 Å². The van der Waals surface area contributed by atoms with E-state index in [1.807, 2.05) is 6.07 Å². The number of carbonyl (C=O) groups excluding carboxylic acids is 1. The van der Waals surface area contributed by atoms with Crippen molar-refractivity contribution in [3.05, 3.63) is 39.4 Å². The highest BCUT2D eigenvalue weighted by molar-refractivity contribution is 7.71. The largest absolute Gasteiger partial charge is 0.383 e. The Bertz CT molecular complexity index is 751. The molecule has 0 aliphatic rings. The lowest BCUT2D eigenvalue weighted by atomic mass is 10.2. The van der Waals surface area contributed by atoms with Crippen LogP contribution in [0.25, 0.3) is 10.9 Å². The van der Waals surface area contributed by atoms with Crippen molar-refractivity contribution in [1.82, 2.24) is 14.9 Å². The molecule has 0 unspecified atom stereocenters. The summed E-state index contributed by atoms with van der Waals surface area (Å²) in [6, 6.07) is 7.16. The first kappa shape index (κ1) is 15.4. The minimum absolute atomic E-state index is 0.137. The van der Waals surface area contributed by atoms with Crippen LogP contribution in [0.4, 0.5) is 0 Å². The third-order valence-electron chi connectivity index (χ3n) is 3.08. The van der Waals surface area contributed by atoms with Crippen LogP contribution < -0.4 is 10.9 Å². The number of para-hydroxylation sites is 1.